The van der Waals surface area contributed by atoms with Gasteiger partial charge in [-0.3, -0.25) is 9.59 Å². The topological polar surface area (TPSA) is 75.7 Å². The number of nitrogens with zero attached hydrogens (tertiary/aromatic N) is 1. The van der Waals surface area contributed by atoms with Crippen molar-refractivity contribution in [2.45, 2.75) is 52.5 Å². The number of aryl methyl sites for hydroxylation is 1. The van der Waals surface area contributed by atoms with Gasteiger partial charge in [0, 0.05) is 28.9 Å². The number of Topliss-reactive ketones (excluding diaryl/α,β-unsaturated/α-hetero) is 1. The van der Waals surface area contributed by atoms with Gasteiger partial charge in [0.25, 0.3) is 0 Å². The molecule has 0 saturated carbocycles. The number of carbonyl (C=O) groups excluding carboxylic acids is 3. The van der Waals surface area contributed by atoms with Crippen molar-refractivity contribution in [3.05, 3.63) is 118 Å². The molecule has 1 spiro atoms. The number of hydrogen-bond acceptors (Lipinski definition) is 5. The van der Waals surface area contributed by atoms with Crippen molar-refractivity contribution in [1.82, 2.24) is 4.90 Å². The molecule has 0 fully saturated rings. The number of benzene rings is 3. The molecule has 0 aromatic heterocycles. The van der Waals surface area contributed by atoms with Crippen LogP contribution in [0.1, 0.15) is 55.9 Å². The lowest BCUT2D eigenvalue weighted by Gasteiger charge is -2.44. The van der Waals surface area contributed by atoms with E-state index in [4.69, 9.17) is 4.74 Å². The third kappa shape index (κ3) is 4.21. The van der Waals surface area contributed by atoms with E-state index in [2.05, 4.69) is 19.2 Å². The summed E-state index contributed by atoms with van der Waals surface area (Å²) < 4.78 is 5.72. The third-order valence-corrected chi connectivity index (χ3v) is 8.27. The Bertz CT molecular complexity index is 1640. The van der Waals surface area contributed by atoms with Crippen molar-refractivity contribution in [1.29, 1.82) is 0 Å². The third-order valence-electron chi connectivity index (χ3n) is 8.27. The molecule has 3 aromatic rings. The second-order valence-corrected chi connectivity index (χ2v) is 11.9. The second-order valence-electron chi connectivity index (χ2n) is 11.9. The Balaban J connectivity index is 1.75. The van der Waals surface area contributed by atoms with Gasteiger partial charge < -0.3 is 15.0 Å². The van der Waals surface area contributed by atoms with Crippen LogP contribution in [0.2, 0.25) is 0 Å². The zero-order valence-electron chi connectivity index (χ0n) is 23.9. The van der Waals surface area contributed by atoms with Crippen LogP contribution in [0.15, 0.2) is 95.7 Å². The van der Waals surface area contributed by atoms with Gasteiger partial charge in [0.05, 0.1) is 24.4 Å². The minimum absolute atomic E-state index is 0.125. The Labute approximate surface area is 240 Å². The van der Waals surface area contributed by atoms with Crippen LogP contribution in [0.25, 0.3) is 5.70 Å². The molecule has 3 aromatic carbocycles. The fourth-order valence-electron chi connectivity index (χ4n) is 6.71. The monoisotopic (exact) mass is 546 g/mol. The number of esters is 1. The molecule has 208 valence electrons. The molecule has 0 radical (unpaired) electrons. The summed E-state index contributed by atoms with van der Waals surface area (Å²) in [5, 5.41) is 3.51. The molecule has 2 aliphatic heterocycles. The van der Waals surface area contributed by atoms with Crippen LogP contribution >= 0.6 is 0 Å². The Morgan fingerprint density at radius 3 is 2.32 bits per heavy atom. The maximum Gasteiger partial charge on any atom is 0.337 e. The first kappa shape index (κ1) is 26.8. The summed E-state index contributed by atoms with van der Waals surface area (Å²) in [6.45, 7) is 8.21. The maximum absolute atomic E-state index is 15.3. The molecule has 1 N–H and O–H groups in total. The van der Waals surface area contributed by atoms with E-state index in [0.29, 0.717) is 29.0 Å². The summed E-state index contributed by atoms with van der Waals surface area (Å²) in [6, 6.07) is 25.1. The van der Waals surface area contributed by atoms with E-state index in [0.717, 1.165) is 22.4 Å². The van der Waals surface area contributed by atoms with Gasteiger partial charge in [-0.2, -0.15) is 0 Å². The molecular formula is C35H34N2O4. The number of nitrogens with one attached hydrogen (secondary N) is 1. The van der Waals surface area contributed by atoms with Crippen LogP contribution in [0, 0.1) is 12.3 Å². The van der Waals surface area contributed by atoms with Crippen LogP contribution in [0.4, 0.5) is 5.69 Å². The molecule has 1 unspecified atom stereocenters. The number of ether oxygens (including phenoxy) is 1. The number of carbonyl (C=O) groups is 3. The summed E-state index contributed by atoms with van der Waals surface area (Å²) in [6.07, 6.45) is 0.852. The molecule has 41 heavy (non-hydrogen) atoms. The summed E-state index contributed by atoms with van der Waals surface area (Å²) in [5.41, 5.74) is 3.72. The molecule has 2 heterocycles. The quantitative estimate of drug-likeness (QED) is 0.379. The summed E-state index contributed by atoms with van der Waals surface area (Å²) in [4.78, 5) is 45.4. The zero-order chi connectivity index (χ0) is 28.9. The Morgan fingerprint density at radius 2 is 1.63 bits per heavy atom. The number of amides is 1. The van der Waals surface area contributed by atoms with Crippen molar-refractivity contribution >= 4 is 29.0 Å². The van der Waals surface area contributed by atoms with Crippen molar-refractivity contribution in [2.24, 2.45) is 5.41 Å². The standard InChI is InChI=1S/C35H34N2O4/c1-5-41-32(39)30-31(24-14-10-7-11-15-24)37(21-23-12-8-6-9-13-23)33(40)35(30)25-18-22(2)16-17-26(25)36-27-19-34(3,4)20-28(38)29(27)35/h6-18,36H,5,19-21H2,1-4H3. The molecule has 0 saturated heterocycles. The van der Waals surface area contributed by atoms with Gasteiger partial charge in [-0.15, -0.1) is 0 Å². The normalized spacial score (nSPS) is 21.1. The minimum atomic E-state index is -1.64. The first-order valence-corrected chi connectivity index (χ1v) is 14.2. The van der Waals surface area contributed by atoms with E-state index in [1.807, 2.05) is 85.8 Å². The van der Waals surface area contributed by atoms with E-state index in [1.165, 1.54) is 0 Å². The molecule has 6 heteroatoms. The molecular weight excluding hydrogens is 512 g/mol. The van der Waals surface area contributed by atoms with Gasteiger partial charge in [0.2, 0.25) is 5.91 Å². The average Bonchev–Trinajstić information content (AvgIpc) is 3.18. The average molecular weight is 547 g/mol. The first-order valence-electron chi connectivity index (χ1n) is 14.2. The molecule has 0 bridgehead atoms. The van der Waals surface area contributed by atoms with Gasteiger partial charge in [0.15, 0.2) is 5.78 Å². The summed E-state index contributed by atoms with van der Waals surface area (Å²) in [5.74, 6) is -1.02. The van der Waals surface area contributed by atoms with Gasteiger partial charge >= 0.3 is 5.97 Å². The lowest BCUT2D eigenvalue weighted by atomic mass is 9.60. The van der Waals surface area contributed by atoms with Crippen molar-refractivity contribution < 1.29 is 19.1 Å². The number of rotatable bonds is 5. The van der Waals surface area contributed by atoms with Crippen LogP contribution in [0.5, 0.6) is 0 Å². The van der Waals surface area contributed by atoms with Gasteiger partial charge in [0.1, 0.15) is 5.41 Å². The number of fused-ring (bicyclic) bond motifs is 3. The van der Waals surface area contributed by atoms with Crippen LogP contribution in [0.3, 0.4) is 0 Å². The largest absolute Gasteiger partial charge is 0.463 e. The summed E-state index contributed by atoms with van der Waals surface area (Å²) in [7, 11) is 0. The summed E-state index contributed by atoms with van der Waals surface area (Å²) >= 11 is 0. The zero-order valence-corrected chi connectivity index (χ0v) is 23.9. The van der Waals surface area contributed by atoms with Crippen LogP contribution < -0.4 is 5.32 Å². The van der Waals surface area contributed by atoms with Crippen LogP contribution in [-0.2, 0) is 31.1 Å². The van der Waals surface area contributed by atoms with Crippen molar-refractivity contribution in [2.75, 3.05) is 11.9 Å². The molecule has 3 aliphatic rings. The Morgan fingerprint density at radius 1 is 0.951 bits per heavy atom. The smallest absolute Gasteiger partial charge is 0.337 e. The van der Waals surface area contributed by atoms with E-state index >= 15 is 4.79 Å². The first-order chi connectivity index (χ1) is 19.7. The highest BCUT2D eigenvalue weighted by atomic mass is 16.5. The lowest BCUT2D eigenvalue weighted by molar-refractivity contribution is -0.141. The van der Waals surface area contributed by atoms with E-state index in [1.54, 1.807) is 11.8 Å². The predicted molar refractivity (Wildman–Crippen MR) is 159 cm³/mol. The molecule has 1 atom stereocenters. The number of hydrogen-bond donors (Lipinski definition) is 1. The number of anilines is 1. The number of ketones is 1. The predicted octanol–water partition coefficient (Wildman–Crippen LogP) is 6.32. The van der Waals surface area contributed by atoms with Crippen molar-refractivity contribution in [3.63, 3.8) is 0 Å². The van der Waals surface area contributed by atoms with Gasteiger partial charge in [-0.1, -0.05) is 92.2 Å². The van der Waals surface area contributed by atoms with E-state index in [-0.39, 0.29) is 42.3 Å². The molecule has 6 nitrogen and oxygen atoms in total. The highest BCUT2D eigenvalue weighted by Crippen LogP contribution is 2.59. The van der Waals surface area contributed by atoms with Gasteiger partial charge in [-0.25, -0.2) is 4.79 Å². The maximum atomic E-state index is 15.3. The molecule has 1 amide bonds. The highest BCUT2D eigenvalue weighted by Gasteiger charge is 2.64. The second kappa shape index (κ2) is 9.88. The lowest BCUT2D eigenvalue weighted by Crippen LogP contribution is -2.51. The Kier molecular flexibility index (Phi) is 6.45. The fraction of sp³-hybridized carbons (Fsp3) is 0.286. The van der Waals surface area contributed by atoms with Crippen molar-refractivity contribution in [3.8, 4) is 0 Å². The van der Waals surface area contributed by atoms with Gasteiger partial charge in [-0.05, 0) is 42.9 Å². The van der Waals surface area contributed by atoms with E-state index < -0.39 is 11.4 Å². The van der Waals surface area contributed by atoms with E-state index in [9.17, 15) is 9.59 Å². The SMILES string of the molecule is CCOC(=O)C1=C(c2ccccc2)N(Cc2ccccc2)C(=O)C12C1=C(CC(C)(C)CC1=O)Nc1ccc(C)cc12. The van der Waals surface area contributed by atoms with Crippen LogP contribution in [-0.4, -0.2) is 29.2 Å². The number of allylic oxidation sites excluding steroid dienone is 1. The molecule has 1 aliphatic carbocycles. The molecule has 6 rings (SSSR count). The Hall–Kier alpha value is -4.45. The fourth-order valence-corrected chi connectivity index (χ4v) is 6.71. The minimum Gasteiger partial charge on any atom is -0.463 e. The highest BCUT2D eigenvalue weighted by molar-refractivity contribution is 6.24.